The van der Waals surface area contributed by atoms with E-state index >= 15 is 0 Å². The second-order valence-corrected chi connectivity index (χ2v) is 7.71. The molecule has 0 aromatic carbocycles. The Morgan fingerprint density at radius 3 is 2.65 bits per heavy atom. The van der Waals surface area contributed by atoms with Crippen LogP contribution in [0.25, 0.3) is 0 Å². The topological polar surface area (TPSA) is 24.5 Å². The predicted molar refractivity (Wildman–Crippen MR) is 83.0 cm³/mol. The standard InChI is InChI=1S/C17H32N2O/c1-17(2)12-15(8-11-20-17)19-10-9-18-16(13-19)14-6-4-3-5-7-14/h14-16,18H,3-13H2,1-2H3. The maximum atomic E-state index is 5.89. The third-order valence-electron chi connectivity index (χ3n) is 5.64. The Balaban J connectivity index is 1.57. The van der Waals surface area contributed by atoms with Crippen molar-refractivity contribution < 1.29 is 4.74 Å². The molecule has 2 aliphatic heterocycles. The van der Waals surface area contributed by atoms with Crippen LogP contribution in [0.3, 0.4) is 0 Å². The van der Waals surface area contributed by atoms with Gasteiger partial charge in [0.15, 0.2) is 0 Å². The lowest BCUT2D eigenvalue weighted by molar-refractivity contribution is -0.0874. The van der Waals surface area contributed by atoms with E-state index in [0.717, 1.165) is 24.6 Å². The van der Waals surface area contributed by atoms with Gasteiger partial charge in [0, 0.05) is 38.3 Å². The molecule has 3 rings (SSSR count). The van der Waals surface area contributed by atoms with Crippen LogP contribution in [-0.4, -0.2) is 48.8 Å². The fourth-order valence-electron chi connectivity index (χ4n) is 4.50. The molecule has 3 aliphatic rings. The van der Waals surface area contributed by atoms with E-state index in [-0.39, 0.29) is 5.60 Å². The van der Waals surface area contributed by atoms with Gasteiger partial charge >= 0.3 is 0 Å². The first-order valence-electron chi connectivity index (χ1n) is 8.75. The number of nitrogens with zero attached hydrogens (tertiary/aromatic N) is 1. The summed E-state index contributed by atoms with van der Waals surface area (Å²) in [4.78, 5) is 2.76. The van der Waals surface area contributed by atoms with Crippen LogP contribution >= 0.6 is 0 Å². The largest absolute Gasteiger partial charge is 0.375 e. The zero-order valence-corrected chi connectivity index (χ0v) is 13.4. The molecule has 1 N–H and O–H groups in total. The van der Waals surface area contributed by atoms with E-state index in [2.05, 4.69) is 24.1 Å². The summed E-state index contributed by atoms with van der Waals surface area (Å²) < 4.78 is 5.89. The van der Waals surface area contributed by atoms with Gasteiger partial charge in [0.2, 0.25) is 0 Å². The van der Waals surface area contributed by atoms with Gasteiger partial charge in [-0.25, -0.2) is 0 Å². The fourth-order valence-corrected chi connectivity index (χ4v) is 4.50. The minimum absolute atomic E-state index is 0.0775. The molecule has 2 unspecified atom stereocenters. The molecule has 0 aromatic rings. The molecule has 2 atom stereocenters. The van der Waals surface area contributed by atoms with Crippen LogP contribution in [0, 0.1) is 5.92 Å². The van der Waals surface area contributed by atoms with Crippen molar-refractivity contribution in [2.75, 3.05) is 26.2 Å². The van der Waals surface area contributed by atoms with Crippen LogP contribution in [0.2, 0.25) is 0 Å². The van der Waals surface area contributed by atoms with E-state index in [0.29, 0.717) is 0 Å². The first-order valence-corrected chi connectivity index (χ1v) is 8.75. The second-order valence-electron chi connectivity index (χ2n) is 7.71. The summed E-state index contributed by atoms with van der Waals surface area (Å²) in [5, 5.41) is 3.81. The van der Waals surface area contributed by atoms with E-state index in [1.54, 1.807) is 0 Å². The molecule has 0 amide bonds. The van der Waals surface area contributed by atoms with Gasteiger partial charge in [-0.05, 0) is 45.4 Å². The lowest BCUT2D eigenvalue weighted by Crippen LogP contribution is -2.58. The maximum Gasteiger partial charge on any atom is 0.0641 e. The van der Waals surface area contributed by atoms with Crippen LogP contribution in [0.15, 0.2) is 0 Å². The van der Waals surface area contributed by atoms with Crippen molar-refractivity contribution in [1.82, 2.24) is 10.2 Å². The van der Waals surface area contributed by atoms with Crippen molar-refractivity contribution >= 4 is 0 Å². The molecule has 0 radical (unpaired) electrons. The lowest BCUT2D eigenvalue weighted by Gasteiger charge is -2.46. The SMILES string of the molecule is CC1(C)CC(N2CCNC(C3CCCCC3)C2)CCO1. The van der Waals surface area contributed by atoms with E-state index in [9.17, 15) is 0 Å². The van der Waals surface area contributed by atoms with Crippen molar-refractivity contribution in [2.24, 2.45) is 5.92 Å². The smallest absolute Gasteiger partial charge is 0.0641 e. The van der Waals surface area contributed by atoms with Crippen LogP contribution < -0.4 is 5.32 Å². The molecule has 3 nitrogen and oxygen atoms in total. The summed E-state index contributed by atoms with van der Waals surface area (Å²) in [6.45, 7) is 9.12. The van der Waals surface area contributed by atoms with Crippen molar-refractivity contribution in [3.05, 3.63) is 0 Å². The second kappa shape index (κ2) is 6.33. The summed E-state index contributed by atoms with van der Waals surface area (Å²) in [5.74, 6) is 0.930. The van der Waals surface area contributed by atoms with E-state index in [1.807, 2.05) is 0 Å². The molecular weight excluding hydrogens is 248 g/mol. The van der Waals surface area contributed by atoms with Gasteiger partial charge in [-0.1, -0.05) is 19.3 Å². The van der Waals surface area contributed by atoms with Crippen LogP contribution in [-0.2, 0) is 4.74 Å². The first kappa shape index (κ1) is 14.8. The minimum Gasteiger partial charge on any atom is -0.375 e. The average molecular weight is 280 g/mol. The molecule has 2 saturated heterocycles. The van der Waals surface area contributed by atoms with Gasteiger partial charge in [-0.2, -0.15) is 0 Å². The summed E-state index contributed by atoms with van der Waals surface area (Å²) in [7, 11) is 0. The third-order valence-corrected chi connectivity index (χ3v) is 5.64. The summed E-state index contributed by atoms with van der Waals surface area (Å²) in [5.41, 5.74) is 0.0775. The van der Waals surface area contributed by atoms with Gasteiger partial charge in [-0.15, -0.1) is 0 Å². The number of hydrogen-bond donors (Lipinski definition) is 1. The Morgan fingerprint density at radius 2 is 1.90 bits per heavy atom. The first-order chi connectivity index (χ1) is 9.64. The Morgan fingerprint density at radius 1 is 1.10 bits per heavy atom. The maximum absolute atomic E-state index is 5.89. The Labute approximate surface area is 124 Å². The van der Waals surface area contributed by atoms with Gasteiger partial charge < -0.3 is 10.1 Å². The third kappa shape index (κ3) is 3.55. The molecule has 1 saturated carbocycles. The Kier molecular flexibility index (Phi) is 4.68. The molecule has 20 heavy (non-hydrogen) atoms. The lowest BCUT2D eigenvalue weighted by atomic mass is 9.82. The normalized spacial score (nSPS) is 36.9. The zero-order valence-electron chi connectivity index (χ0n) is 13.4. The highest BCUT2D eigenvalue weighted by Crippen LogP contribution is 2.31. The van der Waals surface area contributed by atoms with Gasteiger partial charge in [0.25, 0.3) is 0 Å². The monoisotopic (exact) mass is 280 g/mol. The van der Waals surface area contributed by atoms with Crippen molar-refractivity contribution in [1.29, 1.82) is 0 Å². The quantitative estimate of drug-likeness (QED) is 0.842. The van der Waals surface area contributed by atoms with Crippen LogP contribution in [0.5, 0.6) is 0 Å². The van der Waals surface area contributed by atoms with Crippen LogP contribution in [0.1, 0.15) is 58.8 Å². The molecule has 0 spiro atoms. The molecule has 3 heteroatoms. The number of rotatable bonds is 2. The Bertz CT molecular complexity index is 312. The zero-order chi connectivity index (χ0) is 14.0. The minimum atomic E-state index is 0.0775. The molecule has 0 aromatic heterocycles. The average Bonchev–Trinajstić information content (AvgIpc) is 2.47. The molecule has 2 heterocycles. The van der Waals surface area contributed by atoms with Crippen LogP contribution in [0.4, 0.5) is 0 Å². The fraction of sp³-hybridized carbons (Fsp3) is 1.00. The van der Waals surface area contributed by atoms with Gasteiger partial charge in [0.1, 0.15) is 0 Å². The summed E-state index contributed by atoms with van der Waals surface area (Å²) in [6, 6.07) is 1.49. The van der Waals surface area contributed by atoms with E-state index in [4.69, 9.17) is 4.74 Å². The number of piperazine rings is 1. The Hall–Kier alpha value is -0.120. The predicted octanol–water partition coefficient (Wildman–Crippen LogP) is 2.80. The highest BCUT2D eigenvalue weighted by Gasteiger charge is 2.35. The van der Waals surface area contributed by atoms with Crippen molar-refractivity contribution in [2.45, 2.75) is 76.5 Å². The summed E-state index contributed by atoms with van der Waals surface area (Å²) >= 11 is 0. The van der Waals surface area contributed by atoms with Gasteiger partial charge in [0.05, 0.1) is 5.60 Å². The van der Waals surface area contributed by atoms with Gasteiger partial charge in [-0.3, -0.25) is 4.90 Å². The van der Waals surface area contributed by atoms with Crippen molar-refractivity contribution in [3.8, 4) is 0 Å². The van der Waals surface area contributed by atoms with E-state index in [1.165, 1.54) is 64.6 Å². The van der Waals surface area contributed by atoms with E-state index < -0.39 is 0 Å². The number of ether oxygens (including phenoxy) is 1. The molecule has 116 valence electrons. The summed E-state index contributed by atoms with van der Waals surface area (Å²) in [6.07, 6.45) is 9.68. The molecule has 3 fully saturated rings. The molecule has 0 bridgehead atoms. The van der Waals surface area contributed by atoms with Crippen molar-refractivity contribution in [3.63, 3.8) is 0 Å². The highest BCUT2D eigenvalue weighted by atomic mass is 16.5. The number of nitrogens with one attached hydrogen (secondary N) is 1. The molecular formula is C17H32N2O. The number of hydrogen-bond acceptors (Lipinski definition) is 3. The highest BCUT2D eigenvalue weighted by molar-refractivity contribution is 4.91. The molecule has 1 aliphatic carbocycles.